The second kappa shape index (κ2) is 9.48. The molecule has 7 heteroatoms. The zero-order valence-corrected chi connectivity index (χ0v) is 18.1. The van der Waals surface area contributed by atoms with Gasteiger partial charge < -0.3 is 14.8 Å². The first kappa shape index (κ1) is 22.0. The monoisotopic (exact) mass is 444 g/mol. The topological polar surface area (TPSA) is 77.5 Å². The van der Waals surface area contributed by atoms with E-state index in [9.17, 15) is 14.0 Å². The summed E-state index contributed by atoms with van der Waals surface area (Å²) < 4.78 is 24.4. The summed E-state index contributed by atoms with van der Waals surface area (Å²) >= 11 is 0. The molecule has 0 fully saturated rings. The van der Waals surface area contributed by atoms with Crippen LogP contribution < -0.4 is 10.1 Å². The van der Waals surface area contributed by atoms with Crippen molar-refractivity contribution in [1.29, 1.82) is 0 Å². The van der Waals surface area contributed by atoms with Crippen LogP contribution in [-0.4, -0.2) is 30.6 Å². The van der Waals surface area contributed by atoms with Crippen LogP contribution in [0.5, 0.6) is 5.75 Å². The van der Waals surface area contributed by atoms with Gasteiger partial charge in [0.2, 0.25) is 0 Å². The van der Waals surface area contributed by atoms with Crippen LogP contribution in [0.1, 0.15) is 15.9 Å². The third kappa shape index (κ3) is 4.98. The van der Waals surface area contributed by atoms with Crippen molar-refractivity contribution < 1.29 is 23.5 Å². The summed E-state index contributed by atoms with van der Waals surface area (Å²) in [6.07, 6.45) is 0. The number of methoxy groups -OCH3 is 1. The molecule has 0 aliphatic carbocycles. The zero-order valence-electron chi connectivity index (χ0n) is 18.1. The van der Waals surface area contributed by atoms with Gasteiger partial charge in [0, 0.05) is 22.7 Å². The van der Waals surface area contributed by atoms with Gasteiger partial charge in [0.15, 0.2) is 6.61 Å². The molecule has 0 bridgehead atoms. The number of amides is 1. The molecular formula is C26H21FN2O4. The average Bonchev–Trinajstić information content (AvgIpc) is 2.83. The average molecular weight is 444 g/mol. The smallest absolute Gasteiger partial charge is 0.343 e. The molecule has 33 heavy (non-hydrogen) atoms. The van der Waals surface area contributed by atoms with Crippen LogP contribution in [-0.2, 0) is 9.53 Å². The van der Waals surface area contributed by atoms with Crippen molar-refractivity contribution in [3.8, 4) is 17.0 Å². The van der Waals surface area contributed by atoms with Crippen molar-refractivity contribution in [3.63, 3.8) is 0 Å². The van der Waals surface area contributed by atoms with Crippen molar-refractivity contribution in [1.82, 2.24) is 4.98 Å². The number of pyridine rings is 1. The molecule has 0 atom stereocenters. The lowest BCUT2D eigenvalue weighted by Crippen LogP contribution is -2.14. The molecule has 1 aromatic heterocycles. The van der Waals surface area contributed by atoms with Gasteiger partial charge in [-0.15, -0.1) is 0 Å². The second-order valence-corrected chi connectivity index (χ2v) is 7.40. The third-order valence-corrected chi connectivity index (χ3v) is 5.07. The van der Waals surface area contributed by atoms with E-state index in [2.05, 4.69) is 10.1 Å². The number of nitrogens with one attached hydrogen (secondary N) is 1. The van der Waals surface area contributed by atoms with E-state index in [1.165, 1.54) is 25.3 Å². The molecule has 0 radical (unpaired) electrons. The van der Waals surface area contributed by atoms with Crippen molar-refractivity contribution in [2.24, 2.45) is 0 Å². The summed E-state index contributed by atoms with van der Waals surface area (Å²) in [6.45, 7) is 1.72. The highest BCUT2D eigenvalue weighted by molar-refractivity contribution is 6.05. The number of nitrogens with zero attached hydrogens (tertiary/aromatic N) is 1. The Morgan fingerprint density at radius 3 is 2.48 bits per heavy atom. The Kier molecular flexibility index (Phi) is 6.31. The first-order valence-electron chi connectivity index (χ1n) is 10.2. The van der Waals surface area contributed by atoms with Crippen LogP contribution in [0.15, 0.2) is 72.8 Å². The highest BCUT2D eigenvalue weighted by atomic mass is 19.1. The van der Waals surface area contributed by atoms with Crippen molar-refractivity contribution in [2.45, 2.75) is 6.92 Å². The number of aromatic nitrogens is 1. The van der Waals surface area contributed by atoms with E-state index in [0.717, 1.165) is 11.1 Å². The standard InChI is InChI=1S/C26H21FN2O4/c1-16-7-9-17(10-8-16)23-14-24(33-15-25(30)32-2)20-13-18(11-12-22(20)29-23)28-26(31)19-5-3-4-6-21(19)27/h3-14H,15H2,1-2H3,(H,28,31). The van der Waals surface area contributed by atoms with Gasteiger partial charge in [0.1, 0.15) is 11.6 Å². The lowest BCUT2D eigenvalue weighted by Gasteiger charge is -2.13. The highest BCUT2D eigenvalue weighted by Gasteiger charge is 2.14. The van der Waals surface area contributed by atoms with E-state index in [1.807, 2.05) is 31.2 Å². The van der Waals surface area contributed by atoms with Gasteiger partial charge in [-0.05, 0) is 37.3 Å². The highest BCUT2D eigenvalue weighted by Crippen LogP contribution is 2.32. The Labute approximate surface area is 190 Å². The van der Waals surface area contributed by atoms with E-state index in [0.29, 0.717) is 28.0 Å². The molecule has 4 aromatic rings. The first-order chi connectivity index (χ1) is 15.9. The molecule has 4 rings (SSSR count). The summed E-state index contributed by atoms with van der Waals surface area (Å²) in [4.78, 5) is 28.9. The molecule has 0 aliphatic heterocycles. The minimum absolute atomic E-state index is 0.0624. The maximum Gasteiger partial charge on any atom is 0.343 e. The molecule has 0 spiro atoms. The minimum atomic E-state index is -0.609. The molecule has 0 saturated carbocycles. The number of carbonyl (C=O) groups excluding carboxylic acids is 2. The largest absolute Gasteiger partial charge is 0.481 e. The lowest BCUT2D eigenvalue weighted by atomic mass is 10.1. The number of fused-ring (bicyclic) bond motifs is 1. The quantitative estimate of drug-likeness (QED) is 0.416. The molecule has 1 amide bonds. The molecular weight excluding hydrogens is 423 g/mol. The Morgan fingerprint density at radius 2 is 1.76 bits per heavy atom. The molecule has 3 aromatic carbocycles. The number of rotatable bonds is 6. The van der Waals surface area contributed by atoms with E-state index >= 15 is 0 Å². The van der Waals surface area contributed by atoms with Crippen LogP contribution in [0, 0.1) is 12.7 Å². The number of carbonyl (C=O) groups is 2. The summed E-state index contributed by atoms with van der Waals surface area (Å²) in [6, 6.07) is 20.4. The van der Waals surface area contributed by atoms with Crippen LogP contribution in [0.4, 0.5) is 10.1 Å². The number of hydrogen-bond donors (Lipinski definition) is 1. The number of benzene rings is 3. The zero-order chi connectivity index (χ0) is 23.4. The molecule has 1 heterocycles. The Bertz CT molecular complexity index is 1340. The molecule has 0 aliphatic rings. The molecule has 0 unspecified atom stereocenters. The maximum atomic E-state index is 14.0. The maximum absolute atomic E-state index is 14.0. The van der Waals surface area contributed by atoms with E-state index < -0.39 is 17.7 Å². The molecule has 0 saturated heterocycles. The summed E-state index contributed by atoms with van der Waals surface area (Å²) in [5, 5.41) is 3.28. The Balaban J connectivity index is 1.73. The number of esters is 1. The van der Waals surface area contributed by atoms with E-state index in [1.54, 1.807) is 30.3 Å². The van der Waals surface area contributed by atoms with Crippen LogP contribution in [0.25, 0.3) is 22.2 Å². The number of aryl methyl sites for hydroxylation is 1. The molecule has 1 N–H and O–H groups in total. The Morgan fingerprint density at radius 1 is 1.00 bits per heavy atom. The molecule has 6 nitrogen and oxygen atoms in total. The van der Waals surface area contributed by atoms with Gasteiger partial charge in [-0.2, -0.15) is 0 Å². The summed E-state index contributed by atoms with van der Waals surface area (Å²) in [7, 11) is 1.28. The van der Waals surface area contributed by atoms with Crippen LogP contribution in [0.2, 0.25) is 0 Å². The normalized spacial score (nSPS) is 10.6. The number of ether oxygens (including phenoxy) is 2. The minimum Gasteiger partial charge on any atom is -0.481 e. The van der Waals surface area contributed by atoms with Gasteiger partial charge in [-0.1, -0.05) is 42.0 Å². The predicted octanol–water partition coefficient (Wildman–Crippen LogP) is 5.15. The van der Waals surface area contributed by atoms with E-state index in [-0.39, 0.29) is 12.2 Å². The number of hydrogen-bond acceptors (Lipinski definition) is 5. The first-order valence-corrected chi connectivity index (χ1v) is 10.2. The summed E-state index contributed by atoms with van der Waals surface area (Å²) in [5.74, 6) is -1.31. The number of anilines is 1. The van der Waals surface area contributed by atoms with Gasteiger partial charge in [-0.25, -0.2) is 14.2 Å². The van der Waals surface area contributed by atoms with Gasteiger partial charge >= 0.3 is 5.97 Å². The van der Waals surface area contributed by atoms with Crippen molar-refractivity contribution >= 4 is 28.5 Å². The van der Waals surface area contributed by atoms with Gasteiger partial charge in [0.25, 0.3) is 5.91 Å². The van der Waals surface area contributed by atoms with Gasteiger partial charge in [-0.3, -0.25) is 4.79 Å². The van der Waals surface area contributed by atoms with Crippen LogP contribution >= 0.6 is 0 Å². The van der Waals surface area contributed by atoms with E-state index in [4.69, 9.17) is 9.72 Å². The van der Waals surface area contributed by atoms with Crippen molar-refractivity contribution in [3.05, 3.63) is 89.7 Å². The summed E-state index contributed by atoms with van der Waals surface area (Å²) in [5.41, 5.74) is 3.66. The third-order valence-electron chi connectivity index (χ3n) is 5.07. The number of halogens is 1. The lowest BCUT2D eigenvalue weighted by molar-refractivity contribution is -0.142. The predicted molar refractivity (Wildman–Crippen MR) is 124 cm³/mol. The fraction of sp³-hybridized carbons (Fsp3) is 0.115. The SMILES string of the molecule is COC(=O)COc1cc(-c2ccc(C)cc2)nc2ccc(NC(=O)c3ccccc3F)cc12. The van der Waals surface area contributed by atoms with Gasteiger partial charge in [0.05, 0.1) is 23.9 Å². The fourth-order valence-electron chi connectivity index (χ4n) is 3.30. The van der Waals surface area contributed by atoms with Crippen LogP contribution in [0.3, 0.4) is 0 Å². The Hall–Kier alpha value is -4.26. The van der Waals surface area contributed by atoms with Crippen molar-refractivity contribution in [2.75, 3.05) is 19.0 Å². The molecule has 166 valence electrons. The second-order valence-electron chi connectivity index (χ2n) is 7.40. The fourth-order valence-corrected chi connectivity index (χ4v) is 3.30.